The zero-order valence-corrected chi connectivity index (χ0v) is 33.0. The second-order valence-corrected chi connectivity index (χ2v) is 12.7. The van der Waals surface area contributed by atoms with E-state index in [1.807, 2.05) is 0 Å². The van der Waals surface area contributed by atoms with Crippen molar-refractivity contribution in [3.8, 4) is 0 Å². The molecule has 22 heteroatoms. The van der Waals surface area contributed by atoms with Crippen molar-refractivity contribution in [2.75, 3.05) is 105 Å². The van der Waals surface area contributed by atoms with Gasteiger partial charge in [0.1, 0.15) is 0 Å². The van der Waals surface area contributed by atoms with Crippen molar-refractivity contribution >= 4 is 20.8 Å². The first-order valence-corrected chi connectivity index (χ1v) is 20.2. The zero-order chi connectivity index (χ0) is 37.9. The third-order valence-corrected chi connectivity index (χ3v) is 7.07. The minimum atomic E-state index is -5.17. The Morgan fingerprint density at radius 3 is 0.960 bits per heavy atom. The summed E-state index contributed by atoms with van der Waals surface area (Å²) in [5.74, 6) is 0. The Labute approximate surface area is 317 Å². The fourth-order valence-corrected chi connectivity index (χ4v) is 4.92. The van der Waals surface area contributed by atoms with Crippen LogP contribution in [-0.4, -0.2) is 150 Å². The molecule has 0 atom stereocenters. The molecule has 288 valence electrons. The Morgan fingerprint density at radius 1 is 0.440 bits per heavy atom. The summed E-state index contributed by atoms with van der Waals surface area (Å²) in [5, 5.41) is 21.4. The molecule has 2 aliphatic rings. The van der Waals surface area contributed by atoms with E-state index in [1.165, 1.54) is 36.8 Å². The summed E-state index contributed by atoms with van der Waals surface area (Å²) >= 11 is 2.12. The van der Waals surface area contributed by atoms with Crippen LogP contribution in [0.4, 0.5) is 0 Å². The minimum Gasteiger partial charge on any atom is -0.315 e. The summed E-state index contributed by atoms with van der Waals surface area (Å²) in [4.78, 5) is 5.23. The smallest absolute Gasteiger partial charge is 0.0234 e. The zero-order valence-electron chi connectivity index (χ0n) is 28.6. The van der Waals surface area contributed by atoms with Crippen molar-refractivity contribution in [1.82, 2.24) is 41.7 Å². The number of nitrogens with one attached hydrogen (secondary N) is 6. The fraction of sp³-hybridized carbons (Fsp3) is 0.786. The molecule has 0 aliphatic carbocycles. The molecule has 0 radical (unpaired) electrons. The molecule has 2 aliphatic heterocycles. The maximum Gasteiger partial charge on any atom is 0.0234 e. The topological polar surface area (TPSA) is 273 Å². The number of hydrogen-bond donors (Lipinski definition) is 6. The molecule has 0 aromatic heterocycles. The van der Waals surface area contributed by atoms with Gasteiger partial charge in [0.2, 0.25) is 0 Å². The van der Waals surface area contributed by atoms with Gasteiger partial charge in [-0.2, -0.15) is 0 Å². The van der Waals surface area contributed by atoms with E-state index < -0.39 is 20.8 Å². The van der Waals surface area contributed by atoms with E-state index in [0.29, 0.717) is 0 Å². The van der Waals surface area contributed by atoms with E-state index in [9.17, 15) is 0 Å². The molecule has 1 aromatic carbocycles. The molecule has 3 rings (SSSR count). The molecular weight excluding hydrogens is 774 g/mol. The Bertz CT molecular complexity index is 1000. The van der Waals surface area contributed by atoms with Gasteiger partial charge in [0, 0.05) is 86.2 Å². The Kier molecular flexibility index (Phi) is 36.5. The molecule has 2 saturated heterocycles. The normalized spacial score (nSPS) is 19.0. The van der Waals surface area contributed by atoms with Crippen LogP contribution in [-0.2, 0) is 76.0 Å². The van der Waals surface area contributed by atoms with Gasteiger partial charge in [-0.1, -0.05) is 24.3 Å². The van der Waals surface area contributed by atoms with E-state index >= 15 is 0 Å². The van der Waals surface area contributed by atoms with Gasteiger partial charge in [0.15, 0.2) is 0 Å². The van der Waals surface area contributed by atoms with Crippen LogP contribution in [0.3, 0.4) is 0 Å². The van der Waals surface area contributed by atoms with Crippen LogP contribution in [0.25, 0.3) is 0 Å². The second kappa shape index (κ2) is 35.4. The molecular formula is C28H54N8O10S2V2. The fourth-order valence-electron chi connectivity index (χ4n) is 4.92. The van der Waals surface area contributed by atoms with E-state index in [-0.39, 0.29) is 0 Å². The Morgan fingerprint density at radius 2 is 0.680 bits per heavy atom. The van der Waals surface area contributed by atoms with Crippen molar-refractivity contribution < 1.29 is 77.1 Å². The number of benzene rings is 1. The Balaban J connectivity index is 0. The van der Waals surface area contributed by atoms with E-state index in [2.05, 4.69) is 66.0 Å². The van der Waals surface area contributed by atoms with Crippen LogP contribution in [0.5, 0.6) is 0 Å². The van der Waals surface area contributed by atoms with Gasteiger partial charge in [-0.25, -0.2) is 0 Å². The monoisotopic (exact) mass is 828 g/mol. The molecule has 1 aromatic rings. The number of rotatable bonds is 4. The molecule has 0 bridgehead atoms. The summed E-state index contributed by atoms with van der Waals surface area (Å²) < 4.78 is 84.5. The third kappa shape index (κ3) is 41.8. The van der Waals surface area contributed by atoms with Crippen molar-refractivity contribution in [3.05, 3.63) is 35.4 Å². The number of hydrogen-bond acceptors (Lipinski definition) is 18. The van der Waals surface area contributed by atoms with Gasteiger partial charge in [0.25, 0.3) is 0 Å². The van der Waals surface area contributed by atoms with Crippen LogP contribution in [0.15, 0.2) is 24.3 Å². The molecule has 2 fully saturated rings. The molecule has 2 heterocycles. The summed E-state index contributed by atoms with van der Waals surface area (Å²) in [6.07, 6.45) is 4.80. The van der Waals surface area contributed by atoms with Gasteiger partial charge in [-0.15, -0.1) is 0 Å². The molecule has 0 unspecified atom stereocenters. The van der Waals surface area contributed by atoms with Gasteiger partial charge in [0.05, 0.1) is 0 Å². The molecule has 18 nitrogen and oxygen atoms in total. The van der Waals surface area contributed by atoms with E-state index in [0.717, 1.165) is 153 Å². The van der Waals surface area contributed by atoms with Crippen LogP contribution in [0.2, 0.25) is 0 Å². The summed E-state index contributed by atoms with van der Waals surface area (Å²) in [7, 11) is -10.3. The summed E-state index contributed by atoms with van der Waals surface area (Å²) in [5.41, 5.74) is 2.86. The van der Waals surface area contributed by atoms with Gasteiger partial charge in [-0.3, -0.25) is 26.6 Å². The summed E-state index contributed by atoms with van der Waals surface area (Å²) in [6, 6.07) is 9.42. The minimum absolute atomic E-state index is 1.04. The summed E-state index contributed by atoms with van der Waals surface area (Å²) in [6.45, 7) is 19.6. The van der Waals surface area contributed by atoms with Crippen molar-refractivity contribution in [1.29, 1.82) is 0 Å². The van der Waals surface area contributed by atoms with Crippen molar-refractivity contribution in [2.24, 2.45) is 0 Å². The van der Waals surface area contributed by atoms with Crippen LogP contribution < -0.4 is 31.9 Å². The Hall–Kier alpha value is -0.591. The van der Waals surface area contributed by atoms with E-state index in [1.54, 1.807) is 0 Å². The first-order chi connectivity index (χ1) is 23.9. The molecule has 0 amide bonds. The average Bonchev–Trinajstić information content (AvgIpc) is 3.06. The van der Waals surface area contributed by atoms with Gasteiger partial charge in [-0.05, 0) is 89.2 Å². The number of nitrogens with zero attached hydrogens (tertiary/aromatic N) is 2. The first-order valence-electron chi connectivity index (χ1n) is 16.4. The van der Waals surface area contributed by atoms with Crippen LogP contribution >= 0.6 is 0 Å². The predicted molar refractivity (Wildman–Crippen MR) is 175 cm³/mol. The molecule has 50 heavy (non-hydrogen) atoms. The van der Waals surface area contributed by atoms with Gasteiger partial charge >= 0.3 is 42.1 Å². The molecule has 6 N–H and O–H groups in total. The van der Waals surface area contributed by atoms with Crippen LogP contribution in [0, 0.1) is 0 Å². The largest absolute Gasteiger partial charge is 0.315 e. The van der Waals surface area contributed by atoms with Crippen molar-refractivity contribution in [3.63, 3.8) is 0 Å². The standard InChI is InChI=1S/C28H54N8.2H2O4S.2O.2V/c1-9-29-15-17-31-13-3-21-35(23-19-33-11-1)25-27-5-7-28(8-6-27)26-36-22-4-14-32-18-16-30-10-2-12-34-20-24-36;2*1-5(2,3)4;;;;/h5-8,29-34H,1-4,9-26H2;2*(H2,1,2,3,4);;;;/q;;;;;2*+2/p-4. The first kappa shape index (κ1) is 51.5. The van der Waals surface area contributed by atoms with Crippen molar-refractivity contribution in [2.45, 2.75) is 38.8 Å². The quantitative estimate of drug-likeness (QED) is 0.135. The average molecular weight is 829 g/mol. The van der Waals surface area contributed by atoms with E-state index in [4.69, 9.17) is 42.4 Å². The second-order valence-electron chi connectivity index (χ2n) is 11.1. The maximum absolute atomic E-state index is 8.52. The molecule has 0 saturated carbocycles. The maximum atomic E-state index is 8.52. The van der Waals surface area contributed by atoms with Crippen LogP contribution in [0.1, 0.15) is 36.8 Å². The third-order valence-electron chi connectivity index (χ3n) is 7.07. The van der Waals surface area contributed by atoms with Gasteiger partial charge < -0.3 is 50.1 Å². The molecule has 0 spiro atoms. The predicted octanol–water partition coefficient (Wildman–Crippen LogP) is -2.50. The SMILES string of the molecule is O=S(=O)([O-])[O-].O=S(=O)([O-])[O-].[O]=[V+2].[O]=[V+2].c1cc(CN2CCCNCCNCCCNCC2)ccc1CN1CCCNCCNCCCNCC1.